The van der Waals surface area contributed by atoms with Crippen molar-refractivity contribution in [3.05, 3.63) is 34.4 Å². The topological polar surface area (TPSA) is 92.6 Å². The predicted molar refractivity (Wildman–Crippen MR) is 74.7 cm³/mol. The maximum absolute atomic E-state index is 12.3. The number of carbonyl (C=O) groups excluding carboxylic acids is 2. The second kappa shape index (κ2) is 5.25. The zero-order chi connectivity index (χ0) is 15.0. The molecule has 21 heavy (non-hydrogen) atoms. The van der Waals surface area contributed by atoms with Crippen molar-refractivity contribution < 1.29 is 14.5 Å². The van der Waals surface area contributed by atoms with Gasteiger partial charge < -0.3 is 5.32 Å². The van der Waals surface area contributed by atoms with Gasteiger partial charge in [-0.25, -0.2) is 4.90 Å². The SMILES string of the molecule is O=C1CC(NCC2CC2)C(=O)N1c1ccc([N+](=O)[O-])cc1. The molecule has 2 amide bonds. The fourth-order valence-corrected chi connectivity index (χ4v) is 2.42. The fraction of sp³-hybridized carbons (Fsp3) is 0.429. The van der Waals surface area contributed by atoms with Crippen LogP contribution >= 0.6 is 0 Å². The van der Waals surface area contributed by atoms with Gasteiger partial charge in [-0.05, 0) is 37.4 Å². The normalized spacial score (nSPS) is 21.9. The lowest BCUT2D eigenvalue weighted by Crippen LogP contribution is -2.39. The van der Waals surface area contributed by atoms with Gasteiger partial charge >= 0.3 is 0 Å². The third kappa shape index (κ3) is 2.78. The monoisotopic (exact) mass is 289 g/mol. The predicted octanol–water partition coefficient (Wildman–Crippen LogP) is 1.23. The summed E-state index contributed by atoms with van der Waals surface area (Å²) >= 11 is 0. The number of nitrogens with one attached hydrogen (secondary N) is 1. The highest BCUT2D eigenvalue weighted by Crippen LogP contribution is 2.29. The molecule has 0 radical (unpaired) electrons. The van der Waals surface area contributed by atoms with E-state index in [1.807, 2.05) is 0 Å². The minimum Gasteiger partial charge on any atom is -0.305 e. The molecule has 110 valence electrons. The summed E-state index contributed by atoms with van der Waals surface area (Å²) in [5.41, 5.74) is 0.313. The molecular weight excluding hydrogens is 274 g/mol. The molecule has 3 rings (SSSR count). The quantitative estimate of drug-likeness (QED) is 0.500. The average Bonchev–Trinajstić information content (AvgIpc) is 3.23. The van der Waals surface area contributed by atoms with Gasteiger partial charge in [-0.1, -0.05) is 0 Å². The second-order valence-electron chi connectivity index (χ2n) is 5.45. The van der Waals surface area contributed by atoms with E-state index in [2.05, 4.69) is 5.32 Å². The summed E-state index contributed by atoms with van der Waals surface area (Å²) in [6, 6.07) is 4.96. The second-order valence-corrected chi connectivity index (χ2v) is 5.45. The summed E-state index contributed by atoms with van der Waals surface area (Å²) in [6.45, 7) is 0.762. The summed E-state index contributed by atoms with van der Waals surface area (Å²) in [4.78, 5) is 35.5. The Morgan fingerprint density at radius 3 is 2.48 bits per heavy atom. The van der Waals surface area contributed by atoms with Crippen LogP contribution in [0.3, 0.4) is 0 Å². The Balaban J connectivity index is 1.72. The van der Waals surface area contributed by atoms with E-state index in [1.54, 1.807) is 0 Å². The molecule has 0 aromatic heterocycles. The van der Waals surface area contributed by atoms with Crippen LogP contribution in [0.5, 0.6) is 0 Å². The third-order valence-corrected chi connectivity index (χ3v) is 3.82. The van der Waals surface area contributed by atoms with Crippen molar-refractivity contribution >= 4 is 23.2 Å². The van der Waals surface area contributed by atoms with E-state index in [4.69, 9.17) is 0 Å². The van der Waals surface area contributed by atoms with Gasteiger partial charge in [0.1, 0.15) is 0 Å². The lowest BCUT2D eigenvalue weighted by atomic mass is 10.2. The summed E-state index contributed by atoms with van der Waals surface area (Å²) in [6.07, 6.45) is 2.49. The van der Waals surface area contributed by atoms with Crippen LogP contribution in [0.25, 0.3) is 0 Å². The minimum absolute atomic E-state index is 0.0683. The molecule has 1 aromatic rings. The molecule has 1 aliphatic carbocycles. The van der Waals surface area contributed by atoms with Crippen LogP contribution in [0.15, 0.2) is 24.3 Å². The first-order valence-electron chi connectivity index (χ1n) is 6.91. The number of rotatable bonds is 5. The van der Waals surface area contributed by atoms with E-state index in [1.165, 1.54) is 37.1 Å². The number of hydrogen-bond donors (Lipinski definition) is 1. The molecule has 0 bridgehead atoms. The molecule has 1 saturated carbocycles. The van der Waals surface area contributed by atoms with Gasteiger partial charge in [-0.3, -0.25) is 19.7 Å². The maximum atomic E-state index is 12.3. The largest absolute Gasteiger partial charge is 0.305 e. The number of carbonyl (C=O) groups is 2. The van der Waals surface area contributed by atoms with Crippen molar-refractivity contribution in [3.8, 4) is 0 Å². The van der Waals surface area contributed by atoms with Gasteiger partial charge in [0.25, 0.3) is 11.6 Å². The average molecular weight is 289 g/mol. The fourth-order valence-electron chi connectivity index (χ4n) is 2.42. The van der Waals surface area contributed by atoms with Crippen LogP contribution in [0.4, 0.5) is 11.4 Å². The Morgan fingerprint density at radius 1 is 1.24 bits per heavy atom. The zero-order valence-corrected chi connectivity index (χ0v) is 11.3. The van der Waals surface area contributed by atoms with E-state index in [-0.39, 0.29) is 23.9 Å². The summed E-state index contributed by atoms with van der Waals surface area (Å²) in [5, 5.41) is 13.7. The lowest BCUT2D eigenvalue weighted by Gasteiger charge is -2.15. The smallest absolute Gasteiger partial charge is 0.269 e. The Morgan fingerprint density at radius 2 is 1.90 bits per heavy atom. The maximum Gasteiger partial charge on any atom is 0.269 e. The van der Waals surface area contributed by atoms with Crippen molar-refractivity contribution in [2.45, 2.75) is 25.3 Å². The first-order chi connectivity index (χ1) is 10.1. The Labute approximate surface area is 121 Å². The molecule has 0 spiro atoms. The van der Waals surface area contributed by atoms with Crippen molar-refractivity contribution in [2.24, 2.45) is 5.92 Å². The van der Waals surface area contributed by atoms with E-state index in [9.17, 15) is 19.7 Å². The molecule has 1 unspecified atom stereocenters. The molecule has 1 heterocycles. The van der Waals surface area contributed by atoms with Crippen LogP contribution < -0.4 is 10.2 Å². The summed E-state index contributed by atoms with van der Waals surface area (Å²) in [5.74, 6) is 0.0676. The standard InChI is InChI=1S/C14H15N3O4/c18-13-7-12(15-8-9-1-2-9)14(19)16(13)10-3-5-11(6-4-10)17(20)21/h3-6,9,12,15H,1-2,7-8H2. The molecule has 1 aliphatic heterocycles. The van der Waals surface area contributed by atoms with Crippen molar-refractivity contribution in [3.63, 3.8) is 0 Å². The zero-order valence-electron chi connectivity index (χ0n) is 11.3. The molecule has 1 atom stereocenters. The van der Waals surface area contributed by atoms with Gasteiger partial charge in [-0.2, -0.15) is 0 Å². The van der Waals surface area contributed by atoms with Gasteiger partial charge in [-0.15, -0.1) is 0 Å². The van der Waals surface area contributed by atoms with Gasteiger partial charge in [0.2, 0.25) is 5.91 Å². The lowest BCUT2D eigenvalue weighted by molar-refractivity contribution is -0.384. The molecule has 7 nitrogen and oxygen atoms in total. The number of imide groups is 1. The number of anilines is 1. The number of nitro benzene ring substituents is 1. The molecule has 7 heteroatoms. The molecule has 1 aromatic carbocycles. The van der Waals surface area contributed by atoms with Crippen LogP contribution in [-0.2, 0) is 9.59 Å². The van der Waals surface area contributed by atoms with Gasteiger partial charge in [0.15, 0.2) is 0 Å². The Hall–Kier alpha value is -2.28. The molecule has 1 saturated heterocycles. The van der Waals surface area contributed by atoms with Gasteiger partial charge in [0, 0.05) is 12.1 Å². The van der Waals surface area contributed by atoms with Crippen LogP contribution in [0.1, 0.15) is 19.3 Å². The highest BCUT2D eigenvalue weighted by atomic mass is 16.6. The van der Waals surface area contributed by atoms with Crippen LogP contribution in [0.2, 0.25) is 0 Å². The minimum atomic E-state index is -0.516. The van der Waals surface area contributed by atoms with Crippen molar-refractivity contribution in [2.75, 3.05) is 11.4 Å². The first-order valence-corrected chi connectivity index (χ1v) is 6.91. The highest BCUT2D eigenvalue weighted by molar-refractivity contribution is 6.22. The first kappa shape index (κ1) is 13.7. The number of hydrogen-bond acceptors (Lipinski definition) is 5. The molecule has 1 N–H and O–H groups in total. The molecule has 2 aliphatic rings. The van der Waals surface area contributed by atoms with Crippen molar-refractivity contribution in [1.82, 2.24) is 5.32 Å². The van der Waals surface area contributed by atoms with Gasteiger partial charge in [0.05, 0.1) is 23.1 Å². The number of nitro groups is 1. The Bertz CT molecular complexity index is 595. The summed E-state index contributed by atoms with van der Waals surface area (Å²) in [7, 11) is 0. The van der Waals surface area contributed by atoms with E-state index in [0.717, 1.165) is 11.4 Å². The van der Waals surface area contributed by atoms with E-state index < -0.39 is 11.0 Å². The van der Waals surface area contributed by atoms with Crippen LogP contribution in [0, 0.1) is 16.0 Å². The number of amides is 2. The molecule has 2 fully saturated rings. The Kier molecular flexibility index (Phi) is 3.42. The third-order valence-electron chi connectivity index (χ3n) is 3.82. The molecular formula is C14H15N3O4. The highest BCUT2D eigenvalue weighted by Gasteiger charge is 2.40. The van der Waals surface area contributed by atoms with Crippen LogP contribution in [-0.4, -0.2) is 29.3 Å². The number of nitrogens with zero attached hydrogens (tertiary/aromatic N) is 2. The van der Waals surface area contributed by atoms with Crippen molar-refractivity contribution in [1.29, 1.82) is 0 Å². The van der Waals surface area contributed by atoms with E-state index >= 15 is 0 Å². The van der Waals surface area contributed by atoms with E-state index in [0.29, 0.717) is 11.6 Å². The summed E-state index contributed by atoms with van der Waals surface area (Å²) < 4.78 is 0. The number of non-ortho nitro benzene ring substituents is 1. The number of benzene rings is 1.